The lowest BCUT2D eigenvalue weighted by molar-refractivity contribution is -0.119. The molecule has 0 aromatic heterocycles. The fraction of sp³-hybridized carbons (Fsp3) is 1.00. The van der Waals surface area contributed by atoms with Crippen molar-refractivity contribution in [3.63, 3.8) is 0 Å². The van der Waals surface area contributed by atoms with Crippen LogP contribution in [-0.4, -0.2) is 36.5 Å². The molecule has 1 aliphatic carbocycles. The molecule has 0 aromatic rings. The zero-order chi connectivity index (χ0) is 7.90. The normalized spacial score (nSPS) is 46.5. The van der Waals surface area contributed by atoms with E-state index >= 15 is 0 Å². The van der Waals surface area contributed by atoms with Gasteiger partial charge in [-0.3, -0.25) is 0 Å². The molecule has 3 unspecified atom stereocenters. The Morgan fingerprint density at radius 2 is 2.33 bits per heavy atom. The summed E-state index contributed by atoms with van der Waals surface area (Å²) >= 11 is 0. The van der Waals surface area contributed by atoms with Gasteiger partial charge in [0.15, 0.2) is 0 Å². The Hall–Kier alpha value is 0.170. The summed E-state index contributed by atoms with van der Waals surface area (Å²) < 4.78 is 5.37. The summed E-state index contributed by atoms with van der Waals surface area (Å²) in [7, 11) is 0. The molecule has 0 aromatic carbocycles. The van der Waals surface area contributed by atoms with Crippen LogP contribution < -0.4 is 5.32 Å². The molecule has 2 rings (SSSR count). The lowest BCUT2D eigenvalue weighted by atomic mass is 9.65. The van der Waals surface area contributed by atoms with Gasteiger partial charge in [-0.05, 0) is 6.42 Å². The number of rotatable bonds is 0. The Morgan fingerprint density at radius 1 is 1.58 bits per heavy atom. The summed E-state index contributed by atoms with van der Waals surface area (Å²) in [5.74, 6) is 0.350. The van der Waals surface area contributed by atoms with Crippen molar-refractivity contribution in [3.8, 4) is 0 Å². The molecule has 0 amide bonds. The maximum atomic E-state index is 9.34. The first kappa shape index (κ1) is 10.3. The van der Waals surface area contributed by atoms with E-state index in [1.165, 1.54) is 0 Å². The second-order valence-corrected chi connectivity index (χ2v) is 3.70. The van der Waals surface area contributed by atoms with Crippen molar-refractivity contribution in [1.29, 1.82) is 0 Å². The monoisotopic (exact) mass is 193 g/mol. The molecule has 3 nitrogen and oxygen atoms in total. The van der Waals surface area contributed by atoms with Gasteiger partial charge in [0, 0.05) is 18.0 Å². The summed E-state index contributed by atoms with van der Waals surface area (Å²) in [6.45, 7) is 4.59. The third kappa shape index (κ3) is 1.35. The lowest BCUT2D eigenvalue weighted by Crippen LogP contribution is -2.69. The first-order valence-electron chi connectivity index (χ1n) is 4.25. The van der Waals surface area contributed by atoms with Crippen molar-refractivity contribution in [1.82, 2.24) is 5.32 Å². The summed E-state index contributed by atoms with van der Waals surface area (Å²) in [5.41, 5.74) is 0.109. The number of halogens is 1. The van der Waals surface area contributed by atoms with Crippen LogP contribution in [0.5, 0.6) is 0 Å². The molecule has 2 fully saturated rings. The van der Waals surface area contributed by atoms with Crippen molar-refractivity contribution in [3.05, 3.63) is 0 Å². The van der Waals surface area contributed by atoms with Gasteiger partial charge in [0.25, 0.3) is 0 Å². The van der Waals surface area contributed by atoms with E-state index in [9.17, 15) is 5.11 Å². The van der Waals surface area contributed by atoms with E-state index in [0.717, 1.165) is 26.2 Å². The molecular formula is C8H16ClNO2. The molecule has 72 valence electrons. The number of hydrogen-bond acceptors (Lipinski definition) is 3. The van der Waals surface area contributed by atoms with Crippen LogP contribution in [0, 0.1) is 5.92 Å². The van der Waals surface area contributed by atoms with Gasteiger partial charge in [-0.1, -0.05) is 6.92 Å². The molecule has 0 bridgehead atoms. The number of hydrogen-bond donors (Lipinski definition) is 2. The highest BCUT2D eigenvalue weighted by atomic mass is 35.5. The molecule has 1 aliphatic heterocycles. The molecule has 1 saturated carbocycles. The fourth-order valence-electron chi connectivity index (χ4n) is 2.04. The van der Waals surface area contributed by atoms with Gasteiger partial charge in [0.05, 0.1) is 19.3 Å². The van der Waals surface area contributed by atoms with Gasteiger partial charge in [0.1, 0.15) is 0 Å². The van der Waals surface area contributed by atoms with Crippen molar-refractivity contribution >= 4 is 12.4 Å². The molecule has 12 heavy (non-hydrogen) atoms. The minimum absolute atomic E-state index is 0. The summed E-state index contributed by atoms with van der Waals surface area (Å²) in [6.07, 6.45) is 0.734. The molecule has 2 aliphatic rings. The SMILES string of the molecule is CC1C(O)CC12COCCN2.Cl. The Morgan fingerprint density at radius 3 is 2.75 bits per heavy atom. The van der Waals surface area contributed by atoms with E-state index in [0.29, 0.717) is 5.92 Å². The second kappa shape index (κ2) is 3.50. The lowest BCUT2D eigenvalue weighted by Gasteiger charge is -2.53. The van der Waals surface area contributed by atoms with Gasteiger partial charge in [-0.15, -0.1) is 12.4 Å². The van der Waals surface area contributed by atoms with Gasteiger partial charge in [-0.25, -0.2) is 0 Å². The van der Waals surface area contributed by atoms with E-state index in [-0.39, 0.29) is 24.0 Å². The van der Waals surface area contributed by atoms with Crippen LogP contribution >= 0.6 is 12.4 Å². The molecule has 2 N–H and O–H groups in total. The maximum Gasteiger partial charge on any atom is 0.0653 e. The van der Waals surface area contributed by atoms with E-state index < -0.39 is 0 Å². The maximum absolute atomic E-state index is 9.34. The van der Waals surface area contributed by atoms with Crippen LogP contribution in [0.25, 0.3) is 0 Å². The average molecular weight is 194 g/mol. The summed E-state index contributed by atoms with van der Waals surface area (Å²) in [5, 5.41) is 12.8. The van der Waals surface area contributed by atoms with Gasteiger partial charge < -0.3 is 15.2 Å². The number of morpholine rings is 1. The molecule has 4 heteroatoms. The smallest absolute Gasteiger partial charge is 0.0653 e. The third-order valence-electron chi connectivity index (χ3n) is 3.11. The Balaban J connectivity index is 0.000000720. The number of aliphatic hydroxyl groups excluding tert-OH is 1. The molecule has 1 heterocycles. The molecule has 3 atom stereocenters. The first-order valence-corrected chi connectivity index (χ1v) is 4.25. The minimum Gasteiger partial charge on any atom is -0.393 e. The highest BCUT2D eigenvalue weighted by Gasteiger charge is 2.51. The third-order valence-corrected chi connectivity index (χ3v) is 3.11. The largest absolute Gasteiger partial charge is 0.393 e. The molecule has 0 radical (unpaired) electrons. The van der Waals surface area contributed by atoms with Crippen LogP contribution in [0.4, 0.5) is 0 Å². The zero-order valence-corrected chi connectivity index (χ0v) is 8.06. The predicted octanol–water partition coefficient (Wildman–Crippen LogP) is 0.167. The number of nitrogens with one attached hydrogen (secondary N) is 1. The molecule has 1 spiro atoms. The van der Waals surface area contributed by atoms with E-state index in [1.54, 1.807) is 0 Å². The number of ether oxygens (including phenoxy) is 1. The quantitative estimate of drug-likeness (QED) is 0.576. The average Bonchev–Trinajstić information content (AvgIpc) is 2.06. The van der Waals surface area contributed by atoms with E-state index in [1.807, 2.05) is 0 Å². The summed E-state index contributed by atoms with van der Waals surface area (Å²) in [6, 6.07) is 0. The highest BCUT2D eigenvalue weighted by Crippen LogP contribution is 2.39. The standard InChI is InChI=1S/C8H15NO2.ClH/c1-6-7(10)4-8(6)5-11-3-2-9-8;/h6-7,9-10H,2-5H2,1H3;1H. The topological polar surface area (TPSA) is 41.5 Å². The van der Waals surface area contributed by atoms with Crippen molar-refractivity contribution in [2.75, 3.05) is 19.8 Å². The van der Waals surface area contributed by atoms with Crippen LogP contribution in [0.3, 0.4) is 0 Å². The summed E-state index contributed by atoms with van der Waals surface area (Å²) in [4.78, 5) is 0. The first-order chi connectivity index (χ1) is 5.25. The molecule has 1 saturated heterocycles. The Bertz CT molecular complexity index is 154. The van der Waals surface area contributed by atoms with Crippen LogP contribution in [0.15, 0.2) is 0 Å². The van der Waals surface area contributed by atoms with Crippen LogP contribution in [0.1, 0.15) is 13.3 Å². The van der Waals surface area contributed by atoms with Gasteiger partial charge in [0.2, 0.25) is 0 Å². The molecular weight excluding hydrogens is 178 g/mol. The number of aliphatic hydroxyl groups is 1. The van der Waals surface area contributed by atoms with Gasteiger partial charge in [-0.2, -0.15) is 0 Å². The van der Waals surface area contributed by atoms with Gasteiger partial charge >= 0.3 is 0 Å². The van der Waals surface area contributed by atoms with Crippen molar-refractivity contribution in [2.24, 2.45) is 5.92 Å². The second-order valence-electron chi connectivity index (χ2n) is 3.70. The fourth-order valence-corrected chi connectivity index (χ4v) is 2.04. The zero-order valence-electron chi connectivity index (χ0n) is 7.25. The Labute approximate surface area is 78.9 Å². The Kier molecular flexibility index (Phi) is 2.99. The van der Waals surface area contributed by atoms with Crippen molar-refractivity contribution < 1.29 is 9.84 Å². The van der Waals surface area contributed by atoms with E-state index in [2.05, 4.69) is 12.2 Å². The highest BCUT2D eigenvalue weighted by molar-refractivity contribution is 5.85. The van der Waals surface area contributed by atoms with Crippen LogP contribution in [0.2, 0.25) is 0 Å². The van der Waals surface area contributed by atoms with Crippen LogP contribution in [-0.2, 0) is 4.74 Å². The predicted molar refractivity (Wildman–Crippen MR) is 48.6 cm³/mol. The minimum atomic E-state index is -0.121. The van der Waals surface area contributed by atoms with Crippen molar-refractivity contribution in [2.45, 2.75) is 25.0 Å². The van der Waals surface area contributed by atoms with E-state index in [4.69, 9.17) is 4.74 Å².